The van der Waals surface area contributed by atoms with E-state index in [0.29, 0.717) is 0 Å². The molecular formula is C54H42Br2. The molecule has 0 heterocycles. The molecule has 8 aromatic carbocycles. The highest BCUT2D eigenvalue weighted by molar-refractivity contribution is 9.10. The molecule has 10 rings (SSSR count). The van der Waals surface area contributed by atoms with Crippen LogP contribution in [0.1, 0.15) is 49.9 Å². The predicted octanol–water partition coefficient (Wildman–Crippen LogP) is 16.2. The van der Waals surface area contributed by atoms with Crippen LogP contribution < -0.4 is 0 Å². The van der Waals surface area contributed by atoms with Crippen molar-refractivity contribution in [3.05, 3.63) is 213 Å². The fourth-order valence-corrected chi connectivity index (χ4v) is 9.72. The van der Waals surface area contributed by atoms with E-state index in [0.717, 1.165) is 8.95 Å². The summed E-state index contributed by atoms with van der Waals surface area (Å²) >= 11 is 7.31. The van der Waals surface area contributed by atoms with E-state index in [4.69, 9.17) is 0 Å². The third-order valence-corrected chi connectivity index (χ3v) is 12.9. The zero-order valence-corrected chi connectivity index (χ0v) is 35.2. The summed E-state index contributed by atoms with van der Waals surface area (Å²) in [5, 5.41) is 0. The minimum Gasteiger partial charge on any atom is -0.0622 e. The Morgan fingerprint density at radius 1 is 0.268 bits per heavy atom. The van der Waals surface area contributed by atoms with E-state index in [-0.39, 0.29) is 10.8 Å². The fraction of sp³-hybridized carbons (Fsp3) is 0.111. The Labute approximate surface area is 348 Å². The first-order chi connectivity index (χ1) is 27.1. The maximum Gasteiger partial charge on any atom is 0.0181 e. The summed E-state index contributed by atoms with van der Waals surface area (Å²) in [5.41, 5.74) is 21.2. The van der Waals surface area contributed by atoms with Crippen LogP contribution in [0.3, 0.4) is 0 Å². The van der Waals surface area contributed by atoms with Crippen molar-refractivity contribution in [3.63, 3.8) is 0 Å². The smallest absolute Gasteiger partial charge is 0.0181 e. The second-order valence-electron chi connectivity index (χ2n) is 16.0. The van der Waals surface area contributed by atoms with Crippen molar-refractivity contribution in [1.82, 2.24) is 0 Å². The van der Waals surface area contributed by atoms with Gasteiger partial charge >= 0.3 is 0 Å². The molecule has 0 saturated carbocycles. The molecule has 2 aliphatic rings. The predicted molar refractivity (Wildman–Crippen MR) is 245 cm³/mol. The van der Waals surface area contributed by atoms with Crippen LogP contribution in [0.25, 0.3) is 66.8 Å². The molecule has 0 amide bonds. The van der Waals surface area contributed by atoms with Gasteiger partial charge in [-0.2, -0.15) is 0 Å². The van der Waals surface area contributed by atoms with Crippen molar-refractivity contribution in [3.8, 4) is 66.8 Å². The van der Waals surface area contributed by atoms with Crippen LogP contribution in [0.4, 0.5) is 0 Å². The van der Waals surface area contributed by atoms with Crippen LogP contribution in [0.2, 0.25) is 0 Å². The van der Waals surface area contributed by atoms with Crippen molar-refractivity contribution in [2.75, 3.05) is 0 Å². The second kappa shape index (κ2) is 14.3. The van der Waals surface area contributed by atoms with Crippen molar-refractivity contribution < 1.29 is 0 Å². The minimum absolute atomic E-state index is 0.0181. The van der Waals surface area contributed by atoms with Crippen molar-refractivity contribution >= 4 is 31.9 Å². The van der Waals surface area contributed by atoms with Crippen molar-refractivity contribution in [2.45, 2.75) is 38.5 Å². The van der Waals surface area contributed by atoms with E-state index < -0.39 is 0 Å². The molecule has 8 aromatic rings. The molecule has 0 aliphatic heterocycles. The van der Waals surface area contributed by atoms with Crippen molar-refractivity contribution in [2.24, 2.45) is 0 Å². The fourth-order valence-electron chi connectivity index (χ4n) is 8.99. The lowest BCUT2D eigenvalue weighted by atomic mass is 9.81. The number of benzene rings is 8. The standard InChI is InChI=1S/2C27H21Br/c2*1-27(2)25-11-7-6-10-22(25)23-14-12-19(16-26(23)27)21-15-13-20(28)17-24(21)18-8-4-3-5-9-18/h2*3-17H,1-2H3. The monoisotopic (exact) mass is 848 g/mol. The summed E-state index contributed by atoms with van der Waals surface area (Å²) in [4.78, 5) is 0. The van der Waals surface area contributed by atoms with Gasteiger partial charge in [0, 0.05) is 19.8 Å². The van der Waals surface area contributed by atoms with Gasteiger partial charge in [0.2, 0.25) is 0 Å². The lowest BCUT2D eigenvalue weighted by Crippen LogP contribution is -2.14. The summed E-state index contributed by atoms with van der Waals surface area (Å²) in [5.74, 6) is 0. The van der Waals surface area contributed by atoms with Gasteiger partial charge in [0.25, 0.3) is 0 Å². The number of hydrogen-bond donors (Lipinski definition) is 0. The van der Waals surface area contributed by atoms with Crippen molar-refractivity contribution in [1.29, 1.82) is 0 Å². The third kappa shape index (κ3) is 6.30. The second-order valence-corrected chi connectivity index (χ2v) is 17.8. The Bertz CT molecular complexity index is 2560. The maximum atomic E-state index is 3.65. The van der Waals surface area contributed by atoms with Gasteiger partial charge in [-0.25, -0.2) is 0 Å². The van der Waals surface area contributed by atoms with Gasteiger partial charge in [0.1, 0.15) is 0 Å². The van der Waals surface area contributed by atoms with Gasteiger partial charge in [0.05, 0.1) is 0 Å². The van der Waals surface area contributed by atoms with Gasteiger partial charge in [-0.15, -0.1) is 0 Å². The van der Waals surface area contributed by atoms with Crippen LogP contribution in [-0.4, -0.2) is 0 Å². The summed E-state index contributed by atoms with van der Waals surface area (Å²) in [6.07, 6.45) is 0. The van der Waals surface area contributed by atoms with E-state index in [1.165, 1.54) is 89.0 Å². The molecule has 2 aliphatic carbocycles. The molecule has 272 valence electrons. The first-order valence-electron chi connectivity index (χ1n) is 19.3. The highest BCUT2D eigenvalue weighted by Gasteiger charge is 2.36. The lowest BCUT2D eigenvalue weighted by molar-refractivity contribution is 0.660. The molecule has 0 radical (unpaired) electrons. The van der Waals surface area contributed by atoms with Crippen LogP contribution >= 0.6 is 31.9 Å². The van der Waals surface area contributed by atoms with Crippen LogP contribution in [0.5, 0.6) is 0 Å². The SMILES string of the molecule is CC1(C)c2ccccc2-c2ccc(-c3ccc(Br)cc3-c3ccccc3)cc21.CC1(C)c2ccccc2-c2ccc(-c3ccc(Br)cc3-c3ccccc3)cc21. The number of rotatable bonds is 4. The topological polar surface area (TPSA) is 0 Å². The quantitative estimate of drug-likeness (QED) is 0.165. The van der Waals surface area contributed by atoms with Gasteiger partial charge in [-0.1, -0.05) is 205 Å². The molecular weight excluding hydrogens is 808 g/mol. The van der Waals surface area contributed by atoms with E-state index >= 15 is 0 Å². The zero-order chi connectivity index (χ0) is 38.6. The molecule has 56 heavy (non-hydrogen) atoms. The lowest BCUT2D eigenvalue weighted by Gasteiger charge is -2.22. The highest BCUT2D eigenvalue weighted by atomic mass is 79.9. The molecule has 0 atom stereocenters. The highest BCUT2D eigenvalue weighted by Crippen LogP contribution is 2.51. The Morgan fingerprint density at radius 3 is 1.02 bits per heavy atom. The number of halogens is 2. The Morgan fingerprint density at radius 2 is 0.607 bits per heavy atom. The van der Waals surface area contributed by atoms with E-state index in [1.807, 2.05) is 0 Å². The first kappa shape index (κ1) is 36.4. The molecule has 0 unspecified atom stereocenters. The average molecular weight is 851 g/mol. The summed E-state index contributed by atoms with van der Waals surface area (Å²) < 4.78 is 2.20. The molecule has 0 fully saturated rings. The van der Waals surface area contributed by atoms with Gasteiger partial charge in [-0.3, -0.25) is 0 Å². The molecule has 0 nitrogen and oxygen atoms in total. The molecule has 0 N–H and O–H groups in total. The summed E-state index contributed by atoms with van der Waals surface area (Å²) in [7, 11) is 0. The summed E-state index contributed by atoms with van der Waals surface area (Å²) in [6, 6.07) is 65.9. The van der Waals surface area contributed by atoms with Gasteiger partial charge in [-0.05, 0) is 125 Å². The average Bonchev–Trinajstić information content (AvgIpc) is 3.60. The number of fused-ring (bicyclic) bond motifs is 6. The van der Waals surface area contributed by atoms with Crippen LogP contribution in [0, 0.1) is 0 Å². The normalized spacial score (nSPS) is 13.8. The Balaban J connectivity index is 0.000000146. The third-order valence-electron chi connectivity index (χ3n) is 11.9. The first-order valence-corrected chi connectivity index (χ1v) is 20.9. The van der Waals surface area contributed by atoms with Crippen LogP contribution in [-0.2, 0) is 10.8 Å². The largest absolute Gasteiger partial charge is 0.0622 e. The Kier molecular flexibility index (Phi) is 9.31. The van der Waals surface area contributed by atoms with E-state index in [9.17, 15) is 0 Å². The maximum absolute atomic E-state index is 3.65. The van der Waals surface area contributed by atoms with Crippen LogP contribution in [0.15, 0.2) is 191 Å². The van der Waals surface area contributed by atoms with E-state index in [1.54, 1.807) is 0 Å². The summed E-state index contributed by atoms with van der Waals surface area (Å²) in [6.45, 7) is 9.34. The van der Waals surface area contributed by atoms with Gasteiger partial charge in [0.15, 0.2) is 0 Å². The molecule has 0 bridgehead atoms. The molecule has 0 aromatic heterocycles. The minimum atomic E-state index is 0.0181. The number of hydrogen-bond acceptors (Lipinski definition) is 0. The Hall–Kier alpha value is -5.28. The van der Waals surface area contributed by atoms with Gasteiger partial charge < -0.3 is 0 Å². The zero-order valence-electron chi connectivity index (χ0n) is 32.1. The molecule has 0 spiro atoms. The molecule has 0 saturated heterocycles. The van der Waals surface area contributed by atoms with E-state index in [2.05, 4.69) is 242 Å². The molecule has 2 heteroatoms.